The molecule has 2 aliphatic heterocycles. The Morgan fingerprint density at radius 3 is 2.73 bits per heavy atom. The number of benzene rings is 1. The molecule has 1 aromatic rings. The number of hydrogen-bond donors (Lipinski definition) is 1. The zero-order valence-electron chi connectivity index (χ0n) is 12.9. The molecule has 4 rings (SSSR count). The van der Waals surface area contributed by atoms with Gasteiger partial charge in [0.05, 0.1) is 6.04 Å². The summed E-state index contributed by atoms with van der Waals surface area (Å²) in [5, 5.41) is 3.11. The second kappa shape index (κ2) is 5.51. The topological polar surface area (TPSA) is 44.7 Å². The maximum absolute atomic E-state index is 12.4. The van der Waals surface area contributed by atoms with Gasteiger partial charge in [-0.3, -0.25) is 14.7 Å². The van der Waals surface area contributed by atoms with Gasteiger partial charge in [0.25, 0.3) is 5.91 Å². The first-order valence-electron chi connectivity index (χ1n) is 8.46. The molecule has 1 N–H and O–H groups in total. The van der Waals surface area contributed by atoms with Gasteiger partial charge in [0.2, 0.25) is 0 Å². The summed E-state index contributed by atoms with van der Waals surface area (Å²) < 4.78 is 0. The van der Waals surface area contributed by atoms with Crippen LogP contribution < -0.4 is 5.32 Å². The normalized spacial score (nSPS) is 27.4. The predicted octanol–water partition coefficient (Wildman–Crippen LogP) is 2.49. The highest BCUT2D eigenvalue weighted by Crippen LogP contribution is 2.37. The number of carbonyl (C=O) groups excluding carboxylic acids is 1. The molecule has 2 fully saturated rings. The van der Waals surface area contributed by atoms with Crippen LogP contribution in [0.2, 0.25) is 0 Å². The van der Waals surface area contributed by atoms with E-state index in [4.69, 9.17) is 4.99 Å². The van der Waals surface area contributed by atoms with Crippen molar-refractivity contribution in [2.24, 2.45) is 4.99 Å². The monoisotopic (exact) mass is 297 g/mol. The third-order valence-electron chi connectivity index (χ3n) is 5.34. The summed E-state index contributed by atoms with van der Waals surface area (Å²) in [6, 6.07) is 10.8. The molecule has 1 atom stereocenters. The van der Waals surface area contributed by atoms with Gasteiger partial charge in [-0.25, -0.2) is 0 Å². The molecule has 0 aromatic heterocycles. The van der Waals surface area contributed by atoms with Crippen LogP contribution in [0.3, 0.4) is 0 Å². The van der Waals surface area contributed by atoms with Crippen LogP contribution in [-0.4, -0.2) is 34.8 Å². The Balaban J connectivity index is 1.53. The van der Waals surface area contributed by atoms with Crippen LogP contribution in [0.5, 0.6) is 0 Å². The van der Waals surface area contributed by atoms with E-state index in [1.54, 1.807) is 0 Å². The lowest BCUT2D eigenvalue weighted by Crippen LogP contribution is -2.43. The minimum Gasteiger partial charge on any atom is -0.311 e. The number of carbonyl (C=O) groups is 1. The van der Waals surface area contributed by atoms with Gasteiger partial charge in [0.15, 0.2) is 0 Å². The number of nitrogens with zero attached hydrogens (tertiary/aromatic N) is 2. The number of hydrogen-bond acceptors (Lipinski definition) is 3. The molecular formula is C18H23N3O. The van der Waals surface area contributed by atoms with Crippen LogP contribution in [0, 0.1) is 0 Å². The van der Waals surface area contributed by atoms with Gasteiger partial charge in [0, 0.05) is 6.54 Å². The maximum atomic E-state index is 12.4. The van der Waals surface area contributed by atoms with Gasteiger partial charge in [-0.1, -0.05) is 43.2 Å². The van der Waals surface area contributed by atoms with Gasteiger partial charge in [-0.2, -0.15) is 0 Å². The number of rotatable bonds is 3. The molecule has 1 amide bonds. The summed E-state index contributed by atoms with van der Waals surface area (Å²) >= 11 is 0. The van der Waals surface area contributed by atoms with Crippen LogP contribution in [0.15, 0.2) is 35.3 Å². The molecule has 1 saturated heterocycles. The molecule has 4 heteroatoms. The van der Waals surface area contributed by atoms with Crippen molar-refractivity contribution in [3.05, 3.63) is 35.9 Å². The molecule has 22 heavy (non-hydrogen) atoms. The molecule has 1 aromatic carbocycles. The van der Waals surface area contributed by atoms with Crippen molar-refractivity contribution < 1.29 is 4.79 Å². The van der Waals surface area contributed by atoms with Crippen molar-refractivity contribution in [1.29, 1.82) is 0 Å². The first-order valence-corrected chi connectivity index (χ1v) is 8.46. The van der Waals surface area contributed by atoms with Crippen LogP contribution >= 0.6 is 0 Å². The molecule has 1 spiro atoms. The van der Waals surface area contributed by atoms with E-state index in [2.05, 4.69) is 40.5 Å². The van der Waals surface area contributed by atoms with Crippen LogP contribution in [0.25, 0.3) is 0 Å². The van der Waals surface area contributed by atoms with Gasteiger partial charge >= 0.3 is 0 Å². The fourth-order valence-corrected chi connectivity index (χ4v) is 4.14. The summed E-state index contributed by atoms with van der Waals surface area (Å²) in [6.07, 6.45) is 6.38. The molecule has 2 heterocycles. The Hall–Kier alpha value is -1.68. The minimum atomic E-state index is -0.420. The van der Waals surface area contributed by atoms with Gasteiger partial charge in [-0.05, 0) is 37.8 Å². The van der Waals surface area contributed by atoms with E-state index in [1.807, 2.05) is 0 Å². The van der Waals surface area contributed by atoms with E-state index in [0.29, 0.717) is 0 Å². The Labute approximate surface area is 131 Å². The quantitative estimate of drug-likeness (QED) is 0.931. The number of amides is 1. The lowest BCUT2D eigenvalue weighted by molar-refractivity contribution is -0.123. The molecule has 3 aliphatic rings. The smallest absolute Gasteiger partial charge is 0.253 e. The molecule has 0 radical (unpaired) electrons. The Morgan fingerprint density at radius 1 is 1.18 bits per heavy atom. The second-order valence-electron chi connectivity index (χ2n) is 6.80. The summed E-state index contributed by atoms with van der Waals surface area (Å²) in [5.41, 5.74) is 0.908. The number of aliphatic imine (C=N–C) groups is 1. The minimum absolute atomic E-state index is 0.145. The summed E-state index contributed by atoms with van der Waals surface area (Å²) in [5.74, 6) is 1.08. The standard InChI is InChI=1S/C18H23N3O/c22-17-18(10-4-5-11-18)20-16(19-17)15-9-6-12-21(15)13-14-7-2-1-3-8-14/h1-3,7-8,15H,4-6,9-13H2,(H,19,20,22)/t15-/m0/s1. The van der Waals surface area contributed by atoms with Crippen LogP contribution in [0.4, 0.5) is 0 Å². The third-order valence-corrected chi connectivity index (χ3v) is 5.34. The fourth-order valence-electron chi connectivity index (χ4n) is 4.14. The molecule has 1 aliphatic carbocycles. The van der Waals surface area contributed by atoms with E-state index in [0.717, 1.165) is 51.0 Å². The lowest BCUT2D eigenvalue weighted by Gasteiger charge is -2.24. The Bertz CT molecular complexity index is 590. The van der Waals surface area contributed by atoms with Crippen molar-refractivity contribution in [3.8, 4) is 0 Å². The molecule has 1 saturated carbocycles. The lowest BCUT2D eigenvalue weighted by atomic mass is 9.99. The summed E-state index contributed by atoms with van der Waals surface area (Å²) in [4.78, 5) is 19.7. The van der Waals surface area contributed by atoms with Gasteiger partial charge in [0.1, 0.15) is 11.4 Å². The zero-order chi connectivity index (χ0) is 15.0. The fraction of sp³-hybridized carbons (Fsp3) is 0.556. The largest absolute Gasteiger partial charge is 0.311 e. The highest BCUT2D eigenvalue weighted by molar-refractivity contribution is 6.10. The third kappa shape index (κ3) is 2.35. The van der Waals surface area contributed by atoms with E-state index >= 15 is 0 Å². The van der Waals surface area contributed by atoms with E-state index in [1.165, 1.54) is 12.0 Å². The van der Waals surface area contributed by atoms with Gasteiger partial charge in [-0.15, -0.1) is 0 Å². The second-order valence-corrected chi connectivity index (χ2v) is 6.80. The average molecular weight is 297 g/mol. The van der Waals surface area contributed by atoms with Gasteiger partial charge < -0.3 is 5.32 Å². The van der Waals surface area contributed by atoms with Crippen molar-refractivity contribution in [2.75, 3.05) is 6.54 Å². The van der Waals surface area contributed by atoms with Crippen molar-refractivity contribution in [1.82, 2.24) is 10.2 Å². The molecule has 0 unspecified atom stereocenters. The van der Waals surface area contributed by atoms with Crippen molar-refractivity contribution in [3.63, 3.8) is 0 Å². The molecular weight excluding hydrogens is 274 g/mol. The Kier molecular flexibility index (Phi) is 3.49. The maximum Gasteiger partial charge on any atom is 0.253 e. The number of nitrogens with one attached hydrogen (secondary N) is 1. The highest BCUT2D eigenvalue weighted by Gasteiger charge is 2.47. The Morgan fingerprint density at radius 2 is 1.95 bits per heavy atom. The summed E-state index contributed by atoms with van der Waals surface area (Å²) in [6.45, 7) is 2.02. The average Bonchev–Trinajstić information content (AvgIpc) is 3.23. The zero-order valence-corrected chi connectivity index (χ0v) is 12.9. The van der Waals surface area contributed by atoms with E-state index in [-0.39, 0.29) is 11.9 Å². The summed E-state index contributed by atoms with van der Waals surface area (Å²) in [7, 11) is 0. The van der Waals surface area contributed by atoms with Crippen LogP contribution in [-0.2, 0) is 11.3 Å². The first-order chi connectivity index (χ1) is 10.8. The van der Waals surface area contributed by atoms with Crippen LogP contribution in [0.1, 0.15) is 44.1 Å². The van der Waals surface area contributed by atoms with Crippen molar-refractivity contribution >= 4 is 11.7 Å². The number of amidine groups is 1. The predicted molar refractivity (Wildman–Crippen MR) is 86.7 cm³/mol. The highest BCUT2D eigenvalue weighted by atomic mass is 16.2. The SMILES string of the molecule is O=C1NC([C@@H]2CCCN2Cc2ccccc2)=NC12CCCC2. The van der Waals surface area contributed by atoms with E-state index < -0.39 is 5.54 Å². The van der Waals surface area contributed by atoms with Crippen molar-refractivity contribution in [2.45, 2.75) is 56.7 Å². The first kappa shape index (κ1) is 13.9. The molecule has 0 bridgehead atoms. The number of likely N-dealkylation sites (tertiary alicyclic amines) is 1. The molecule has 4 nitrogen and oxygen atoms in total. The molecule has 116 valence electrons. The van der Waals surface area contributed by atoms with E-state index in [9.17, 15) is 4.79 Å².